The van der Waals surface area contributed by atoms with Gasteiger partial charge in [-0.05, 0) is 30.2 Å². The molecule has 2 amide bonds. The van der Waals surface area contributed by atoms with Crippen LogP contribution in [0.1, 0.15) is 17.5 Å². The molecule has 0 saturated heterocycles. The Hall–Kier alpha value is -2.76. The molecule has 0 atom stereocenters. The second-order valence-corrected chi connectivity index (χ2v) is 5.47. The second kappa shape index (κ2) is 8.76. The van der Waals surface area contributed by atoms with E-state index in [4.69, 9.17) is 0 Å². The lowest BCUT2D eigenvalue weighted by Gasteiger charge is -2.17. The van der Waals surface area contributed by atoms with Gasteiger partial charge < -0.3 is 10.2 Å². The molecule has 24 heavy (non-hydrogen) atoms. The van der Waals surface area contributed by atoms with E-state index < -0.39 is 5.91 Å². The van der Waals surface area contributed by atoms with Crippen LogP contribution in [0.5, 0.6) is 0 Å². The highest BCUT2D eigenvalue weighted by Gasteiger charge is 2.14. The van der Waals surface area contributed by atoms with Crippen LogP contribution >= 0.6 is 0 Å². The number of carbonyl (C=O) groups is 2. The molecule has 0 fully saturated rings. The number of nitrogens with one attached hydrogen (secondary N) is 1. The summed E-state index contributed by atoms with van der Waals surface area (Å²) >= 11 is 0. The standard InChI is InChI=1S/C18H20FN3O2/c1-22(11-8-14-6-9-20-10-7-14)18(24)12-17(23)21-13-15-4-2-3-5-16(15)19/h2-7,9-10H,8,11-13H2,1H3,(H,21,23). The smallest absolute Gasteiger partial charge is 0.231 e. The highest BCUT2D eigenvalue weighted by molar-refractivity contribution is 5.96. The summed E-state index contributed by atoms with van der Waals surface area (Å²) in [6, 6.07) is 9.99. The van der Waals surface area contributed by atoms with Crippen LogP contribution in [0.2, 0.25) is 0 Å². The predicted octanol–water partition coefficient (Wildman–Crippen LogP) is 1.93. The Morgan fingerprint density at radius 3 is 2.58 bits per heavy atom. The van der Waals surface area contributed by atoms with Crippen LogP contribution in [0, 0.1) is 5.82 Å². The van der Waals surface area contributed by atoms with Crippen LogP contribution in [-0.2, 0) is 22.6 Å². The fourth-order valence-electron chi connectivity index (χ4n) is 2.14. The molecule has 0 spiro atoms. The SMILES string of the molecule is CN(CCc1ccncc1)C(=O)CC(=O)NCc1ccccc1F. The normalized spacial score (nSPS) is 10.2. The van der Waals surface area contributed by atoms with Crippen LogP contribution < -0.4 is 5.32 Å². The molecular weight excluding hydrogens is 309 g/mol. The highest BCUT2D eigenvalue weighted by Crippen LogP contribution is 2.06. The van der Waals surface area contributed by atoms with E-state index in [1.54, 1.807) is 37.6 Å². The van der Waals surface area contributed by atoms with E-state index in [9.17, 15) is 14.0 Å². The summed E-state index contributed by atoms with van der Waals surface area (Å²) in [5.74, 6) is -1.06. The van der Waals surface area contributed by atoms with Crippen LogP contribution in [0.25, 0.3) is 0 Å². The van der Waals surface area contributed by atoms with Crippen LogP contribution in [0.4, 0.5) is 4.39 Å². The molecule has 0 bridgehead atoms. The number of benzene rings is 1. The van der Waals surface area contributed by atoms with Crippen molar-refractivity contribution in [1.82, 2.24) is 15.2 Å². The van der Waals surface area contributed by atoms with Crippen molar-refractivity contribution in [2.24, 2.45) is 0 Å². The van der Waals surface area contributed by atoms with Crippen molar-refractivity contribution in [2.45, 2.75) is 19.4 Å². The van der Waals surface area contributed by atoms with Crippen molar-refractivity contribution in [3.8, 4) is 0 Å². The van der Waals surface area contributed by atoms with Crippen molar-refractivity contribution in [1.29, 1.82) is 0 Å². The van der Waals surface area contributed by atoms with Gasteiger partial charge in [0.05, 0.1) is 0 Å². The molecule has 6 heteroatoms. The number of pyridine rings is 1. The second-order valence-electron chi connectivity index (χ2n) is 5.47. The van der Waals surface area contributed by atoms with Crippen molar-refractivity contribution in [2.75, 3.05) is 13.6 Å². The van der Waals surface area contributed by atoms with Crippen LogP contribution in [0.3, 0.4) is 0 Å². The van der Waals surface area contributed by atoms with E-state index in [-0.39, 0.29) is 24.7 Å². The van der Waals surface area contributed by atoms with Crippen LogP contribution in [0.15, 0.2) is 48.8 Å². The van der Waals surface area contributed by atoms with Gasteiger partial charge in [-0.3, -0.25) is 14.6 Å². The third kappa shape index (κ3) is 5.46. The highest BCUT2D eigenvalue weighted by atomic mass is 19.1. The molecule has 0 aliphatic heterocycles. The zero-order chi connectivity index (χ0) is 17.4. The molecule has 1 aromatic heterocycles. The summed E-state index contributed by atoms with van der Waals surface area (Å²) in [7, 11) is 1.66. The Bertz CT molecular complexity index is 692. The molecule has 5 nitrogen and oxygen atoms in total. The number of hydrogen-bond donors (Lipinski definition) is 1. The molecule has 0 radical (unpaired) electrons. The lowest BCUT2D eigenvalue weighted by atomic mass is 10.2. The first-order valence-electron chi connectivity index (χ1n) is 7.69. The largest absolute Gasteiger partial charge is 0.351 e. The number of rotatable bonds is 7. The van der Waals surface area contributed by atoms with Gasteiger partial charge in [-0.1, -0.05) is 18.2 Å². The van der Waals surface area contributed by atoms with Crippen molar-refractivity contribution in [3.63, 3.8) is 0 Å². The number of nitrogens with zero attached hydrogens (tertiary/aromatic N) is 2. The number of likely N-dealkylation sites (N-methyl/N-ethyl adjacent to an activating group) is 1. The molecule has 126 valence electrons. The summed E-state index contributed by atoms with van der Waals surface area (Å²) in [5, 5.41) is 2.56. The summed E-state index contributed by atoms with van der Waals surface area (Å²) in [6.45, 7) is 0.586. The van der Waals surface area contributed by atoms with Gasteiger partial charge >= 0.3 is 0 Å². The van der Waals surface area contributed by atoms with Gasteiger partial charge in [0.1, 0.15) is 12.2 Å². The van der Waals surface area contributed by atoms with Crippen molar-refractivity contribution >= 4 is 11.8 Å². The Labute approximate surface area is 140 Å². The maximum atomic E-state index is 13.5. The van der Waals surface area contributed by atoms with E-state index in [2.05, 4.69) is 10.3 Å². The molecule has 1 N–H and O–H groups in total. The van der Waals surface area contributed by atoms with Gasteiger partial charge in [-0.15, -0.1) is 0 Å². The predicted molar refractivity (Wildman–Crippen MR) is 88.4 cm³/mol. The molecule has 0 saturated carbocycles. The zero-order valence-corrected chi connectivity index (χ0v) is 13.5. The third-order valence-corrected chi connectivity index (χ3v) is 3.66. The first-order valence-corrected chi connectivity index (χ1v) is 7.69. The fourth-order valence-corrected chi connectivity index (χ4v) is 2.14. The molecule has 1 aromatic carbocycles. The van der Waals surface area contributed by atoms with E-state index in [0.717, 1.165) is 5.56 Å². The average Bonchev–Trinajstić information content (AvgIpc) is 2.59. The summed E-state index contributed by atoms with van der Waals surface area (Å²) < 4.78 is 13.5. The molecule has 0 aliphatic carbocycles. The maximum absolute atomic E-state index is 13.5. The quantitative estimate of drug-likeness (QED) is 0.790. The van der Waals surface area contributed by atoms with E-state index in [1.165, 1.54) is 11.0 Å². The number of aromatic nitrogens is 1. The van der Waals surface area contributed by atoms with E-state index in [0.29, 0.717) is 18.5 Å². The van der Waals surface area contributed by atoms with Gasteiger partial charge in [0, 0.05) is 38.1 Å². The molecule has 2 aromatic rings. The monoisotopic (exact) mass is 329 g/mol. The Morgan fingerprint density at radius 2 is 1.88 bits per heavy atom. The summed E-state index contributed by atoms with van der Waals surface area (Å²) in [6.07, 6.45) is 3.85. The average molecular weight is 329 g/mol. The summed E-state index contributed by atoms with van der Waals surface area (Å²) in [4.78, 5) is 29.3. The van der Waals surface area contributed by atoms with Crippen LogP contribution in [-0.4, -0.2) is 35.3 Å². The lowest BCUT2D eigenvalue weighted by molar-refractivity contribution is -0.135. The first-order chi connectivity index (χ1) is 11.6. The van der Waals surface area contributed by atoms with E-state index >= 15 is 0 Å². The van der Waals surface area contributed by atoms with Gasteiger partial charge in [0.25, 0.3) is 0 Å². The molecule has 2 rings (SSSR count). The van der Waals surface area contributed by atoms with Gasteiger partial charge in [-0.25, -0.2) is 4.39 Å². The topological polar surface area (TPSA) is 62.3 Å². The summed E-state index contributed by atoms with van der Waals surface area (Å²) in [5.41, 5.74) is 1.47. The van der Waals surface area contributed by atoms with Crippen molar-refractivity contribution < 1.29 is 14.0 Å². The Kier molecular flexibility index (Phi) is 6.42. The fraction of sp³-hybridized carbons (Fsp3) is 0.278. The van der Waals surface area contributed by atoms with Gasteiger partial charge in [0.2, 0.25) is 11.8 Å². The lowest BCUT2D eigenvalue weighted by Crippen LogP contribution is -2.34. The Balaban J connectivity index is 1.74. The van der Waals surface area contributed by atoms with E-state index in [1.807, 2.05) is 12.1 Å². The number of halogens is 1. The minimum atomic E-state index is -0.418. The minimum absolute atomic E-state index is 0.0690. The number of amides is 2. The number of carbonyl (C=O) groups excluding carboxylic acids is 2. The minimum Gasteiger partial charge on any atom is -0.351 e. The number of hydrogen-bond acceptors (Lipinski definition) is 3. The maximum Gasteiger partial charge on any atom is 0.231 e. The van der Waals surface area contributed by atoms with Gasteiger partial charge in [-0.2, -0.15) is 0 Å². The molecular formula is C18H20FN3O2. The third-order valence-electron chi connectivity index (χ3n) is 3.66. The first kappa shape index (κ1) is 17.6. The van der Waals surface area contributed by atoms with Gasteiger partial charge in [0.15, 0.2) is 0 Å². The molecule has 0 aliphatic rings. The molecule has 1 heterocycles. The Morgan fingerprint density at radius 1 is 1.17 bits per heavy atom. The van der Waals surface area contributed by atoms with Crippen molar-refractivity contribution in [3.05, 3.63) is 65.7 Å². The molecule has 0 unspecified atom stereocenters. The zero-order valence-electron chi connectivity index (χ0n) is 13.5.